The van der Waals surface area contributed by atoms with E-state index < -0.39 is 0 Å². The summed E-state index contributed by atoms with van der Waals surface area (Å²) in [6, 6.07) is 177. The quantitative estimate of drug-likeness (QED) is 0.160. The molecule has 0 saturated heterocycles. The molecule has 32 rings (SSSR count). The van der Waals surface area contributed by atoms with Crippen LogP contribution in [0.3, 0.4) is 0 Å². The van der Waals surface area contributed by atoms with E-state index in [1.165, 1.54) is 253 Å². The van der Waals surface area contributed by atoms with Crippen LogP contribution in [-0.4, -0.2) is 27.4 Å². The Balaban J connectivity index is 0.0000000898. The zero-order valence-electron chi connectivity index (χ0n) is 83.8. The van der Waals surface area contributed by atoms with Crippen molar-refractivity contribution in [3.63, 3.8) is 0 Å². The van der Waals surface area contributed by atoms with Crippen LogP contribution >= 0.6 is 0 Å². The molecule has 0 spiro atoms. The predicted molar refractivity (Wildman–Crippen MR) is 628 cm³/mol. The van der Waals surface area contributed by atoms with Gasteiger partial charge in [-0.25, -0.2) is 0 Å². The zero-order valence-corrected chi connectivity index (χ0v) is 83.8. The summed E-state index contributed by atoms with van der Waals surface area (Å²) in [6.07, 6.45) is 0. The molecule has 0 N–H and O–H groups in total. The van der Waals surface area contributed by atoms with E-state index in [0.29, 0.717) is 0 Å². The van der Waals surface area contributed by atoms with Gasteiger partial charge in [-0.3, -0.25) is 0 Å². The van der Waals surface area contributed by atoms with Gasteiger partial charge >= 0.3 is 0 Å². The van der Waals surface area contributed by atoms with E-state index in [0.717, 1.165) is 27.9 Å². The number of hydrogen-bond acceptors (Lipinski definition) is 2. The van der Waals surface area contributed by atoms with Gasteiger partial charge in [-0.15, -0.1) is 0 Å². The molecule has 8 nitrogen and oxygen atoms in total. The van der Waals surface area contributed by atoms with E-state index in [4.69, 9.17) is 8.83 Å². The fourth-order valence-corrected chi connectivity index (χ4v) is 25.3. The molecular formula is C141H102N6O2. The Morgan fingerprint density at radius 3 is 1.02 bits per heavy atom. The Morgan fingerprint density at radius 1 is 0.174 bits per heavy atom. The lowest BCUT2D eigenvalue weighted by Gasteiger charge is -2.33. The summed E-state index contributed by atoms with van der Waals surface area (Å²) in [5.41, 5.74) is 43.2. The largest absolute Gasteiger partial charge is 0.456 e. The lowest BCUT2D eigenvalue weighted by molar-refractivity contribution is 0.661. The Labute approximate surface area is 861 Å². The number of benzene rings is 22. The van der Waals surface area contributed by atoms with E-state index in [9.17, 15) is 0 Å². The third-order valence-corrected chi connectivity index (χ3v) is 32.5. The molecule has 30 aromatic rings. The summed E-state index contributed by atoms with van der Waals surface area (Å²) in [5.74, 6) is 0. The Morgan fingerprint density at radius 2 is 0.497 bits per heavy atom. The van der Waals surface area contributed by atoms with Crippen molar-refractivity contribution >= 4 is 175 Å². The third kappa shape index (κ3) is 13.8. The molecule has 2 aliphatic carbocycles. The van der Waals surface area contributed by atoms with Gasteiger partial charge in [0.2, 0.25) is 0 Å². The Hall–Kier alpha value is -18.8. The highest BCUT2D eigenvalue weighted by molar-refractivity contribution is 6.19. The number of hydrogen-bond donors (Lipinski definition) is 0. The van der Waals surface area contributed by atoms with Crippen LogP contribution in [0.5, 0.6) is 0 Å². The van der Waals surface area contributed by atoms with E-state index in [2.05, 4.69) is 544 Å². The van der Waals surface area contributed by atoms with Crippen LogP contribution in [0.4, 0.5) is 0 Å². The number of aromatic nitrogens is 6. The minimum absolute atomic E-state index is 0.0138. The van der Waals surface area contributed by atoms with Gasteiger partial charge in [-0.2, -0.15) is 0 Å². The summed E-state index contributed by atoms with van der Waals surface area (Å²) in [6.45, 7) is 4.72. The molecule has 22 aromatic carbocycles. The predicted octanol–water partition coefficient (Wildman–Crippen LogP) is 36.9. The second-order valence-electron chi connectivity index (χ2n) is 40.7. The molecule has 2 aliphatic rings. The highest BCUT2D eigenvalue weighted by Crippen LogP contribution is 2.59. The van der Waals surface area contributed by atoms with Crippen molar-refractivity contribution in [1.29, 1.82) is 0 Å². The molecular weight excluding hydrogens is 1810 g/mol. The molecule has 149 heavy (non-hydrogen) atoms. The first-order valence-corrected chi connectivity index (χ1v) is 51.5. The average molecular weight is 1910 g/mol. The topological polar surface area (TPSA) is 55.9 Å². The van der Waals surface area contributed by atoms with Crippen molar-refractivity contribution in [2.75, 3.05) is 0 Å². The van der Waals surface area contributed by atoms with Crippen molar-refractivity contribution in [2.45, 2.75) is 24.7 Å². The maximum absolute atomic E-state index is 6.24. The van der Waals surface area contributed by atoms with Crippen LogP contribution in [0.2, 0.25) is 0 Å². The van der Waals surface area contributed by atoms with Gasteiger partial charge in [0.15, 0.2) is 0 Å². The summed E-state index contributed by atoms with van der Waals surface area (Å²) < 4.78 is 26.2. The second-order valence-corrected chi connectivity index (χ2v) is 40.7. The van der Waals surface area contributed by atoms with Crippen molar-refractivity contribution in [3.8, 4) is 72.4 Å². The van der Waals surface area contributed by atoms with Crippen LogP contribution in [0.25, 0.3) is 247 Å². The van der Waals surface area contributed by atoms with Crippen molar-refractivity contribution in [1.82, 2.24) is 27.4 Å². The maximum Gasteiger partial charge on any atom is 0.143 e. The van der Waals surface area contributed by atoms with Gasteiger partial charge in [0.25, 0.3) is 0 Å². The molecule has 0 saturated carbocycles. The van der Waals surface area contributed by atoms with E-state index in [-0.39, 0.29) is 10.8 Å². The first kappa shape index (κ1) is 88.0. The summed E-state index contributed by atoms with van der Waals surface area (Å²) >= 11 is 0. The zero-order chi connectivity index (χ0) is 99.6. The van der Waals surface area contributed by atoms with Crippen LogP contribution in [0, 0.1) is 0 Å². The van der Waals surface area contributed by atoms with Gasteiger partial charge in [0.05, 0.1) is 16.4 Å². The second kappa shape index (κ2) is 34.8. The number of aryl methyl sites for hydroxylation is 5. The number of nitrogens with zero attached hydrogens (tertiary/aromatic N) is 6. The van der Waals surface area contributed by atoms with Crippen LogP contribution in [0.1, 0.15) is 47.2 Å². The smallest absolute Gasteiger partial charge is 0.143 e. The van der Waals surface area contributed by atoms with E-state index in [1.807, 2.05) is 24.3 Å². The normalized spacial score (nSPS) is 12.8. The minimum Gasteiger partial charge on any atom is -0.456 e. The van der Waals surface area contributed by atoms with E-state index in [1.54, 1.807) is 0 Å². The van der Waals surface area contributed by atoms with Crippen molar-refractivity contribution < 1.29 is 8.83 Å². The first-order chi connectivity index (χ1) is 73.3. The molecule has 0 unspecified atom stereocenters. The fourth-order valence-electron chi connectivity index (χ4n) is 25.3. The molecule has 0 radical (unpaired) electrons. The summed E-state index contributed by atoms with van der Waals surface area (Å²) in [4.78, 5) is 0. The number of fused-ring (bicyclic) bond motifs is 30. The first-order valence-electron chi connectivity index (χ1n) is 51.5. The summed E-state index contributed by atoms with van der Waals surface area (Å²) in [5, 5.41) is 20.3. The Bertz CT molecular complexity index is 10600. The van der Waals surface area contributed by atoms with Gasteiger partial charge in [0, 0.05) is 193 Å². The molecule has 0 amide bonds. The van der Waals surface area contributed by atoms with E-state index >= 15 is 0 Å². The average Bonchev–Trinajstić information content (AvgIpc) is 1.53. The highest BCUT2D eigenvalue weighted by atomic mass is 16.3. The molecule has 0 atom stereocenters. The lowest BCUT2D eigenvalue weighted by atomic mass is 9.67. The molecule has 8 heterocycles. The van der Waals surface area contributed by atoms with Gasteiger partial charge in [0.1, 0.15) is 22.3 Å². The summed E-state index contributed by atoms with van der Waals surface area (Å²) in [7, 11) is 10.8. The molecule has 8 aromatic heterocycles. The van der Waals surface area contributed by atoms with Gasteiger partial charge in [-0.05, 0) is 234 Å². The SMILES string of the molecule is Cn1c2ccccc2c2cc(-c3ccc(-n4c5ccccc5c5ccccc54)cc3)ccc21.Cn1c2ccccc2c2cc(-c3cccc4c3oc3ccccc34)ccc21.Cn1c2ccccc2c2cc(-c3cccc4oc5ccccc5c34)ccc21.Cn1c2ccccc2c2cc3c(cc21)C(C)(C)c1cc(-c2ccccc2)ccc1-3.Cn1c2ccccc2c2cc3c(cc21)C(c1ccccc1)(c1ccccc1)c1ccccc1-3. The molecule has 0 fully saturated rings. The molecule has 8 heteroatoms. The molecule has 0 bridgehead atoms. The molecule has 0 aliphatic heterocycles. The Kier molecular flexibility index (Phi) is 20.5. The van der Waals surface area contributed by atoms with Crippen LogP contribution < -0.4 is 0 Å². The van der Waals surface area contributed by atoms with Crippen LogP contribution in [0.15, 0.2) is 500 Å². The highest BCUT2D eigenvalue weighted by Gasteiger charge is 2.47. The van der Waals surface area contributed by atoms with Crippen LogP contribution in [-0.2, 0) is 46.1 Å². The number of furan rings is 2. The standard InChI is InChI=1S/C32H23N.C31H22N2.C28H23N.2C25H17NO/c1-33-30-19-11-9-17-25(30)27-20-26-24-16-8-10-18-28(24)32(29(26)21-31(27)33,22-12-4-2-5-13-22)23-14-6-3-7-15-23;1-32-28-11-5-2-10-26(28)27-20-22(16-19-29(27)32)21-14-17-23(18-15-21)33-30-12-6-3-8-24(30)25-9-4-7-13-31(25)33;1-28(2)24-15-19(18-9-5-4-6-10-18)13-14-20(24)22-16-23-21-11-7-8-12-26(21)29(3)27(23)17-25(22)28;1-26-22-11-4-2-7-18(22)21-15-16(13-14-23(21)26)17-9-6-10-20-19-8-3-5-12-24(19)27-25(17)20;1-26-21-10-4-2-7-18(21)20-15-16(13-14-22(20)26)17-9-6-12-24-25(17)19-8-3-5-11-23(19)27-24/h2-21H,1H3;2-20H,1H3;4-17H,1-3H3;2*2-15H,1H3. The fraction of sp³-hybridized carbons (Fsp3) is 0.0638. The monoisotopic (exact) mass is 1910 g/mol. The maximum atomic E-state index is 6.24. The molecule has 708 valence electrons. The van der Waals surface area contributed by atoms with Crippen molar-refractivity contribution in [3.05, 3.63) is 525 Å². The minimum atomic E-state index is -0.348. The number of para-hydroxylation sites is 10. The lowest BCUT2D eigenvalue weighted by Crippen LogP contribution is -2.28. The van der Waals surface area contributed by atoms with Crippen molar-refractivity contribution in [2.24, 2.45) is 35.2 Å². The van der Waals surface area contributed by atoms with Gasteiger partial charge in [-0.1, -0.05) is 366 Å². The number of rotatable bonds is 7. The van der Waals surface area contributed by atoms with Gasteiger partial charge < -0.3 is 36.2 Å². The third-order valence-electron chi connectivity index (χ3n) is 32.5.